The first-order chi connectivity index (χ1) is 13.0. The largest absolute Gasteiger partial charge is 0.469 e. The maximum Gasteiger partial charge on any atom is 0.313 e. The van der Waals surface area contributed by atoms with Gasteiger partial charge in [0, 0.05) is 0 Å². The van der Waals surface area contributed by atoms with Crippen LogP contribution < -0.4 is 0 Å². The lowest BCUT2D eigenvalue weighted by molar-refractivity contribution is -0.180. The van der Waals surface area contributed by atoms with E-state index < -0.39 is 16.9 Å². The highest BCUT2D eigenvalue weighted by molar-refractivity contribution is 5.90. The molecule has 0 aromatic heterocycles. The topological polar surface area (TPSA) is 72.8 Å². The second kappa shape index (κ2) is 4.57. The summed E-state index contributed by atoms with van der Waals surface area (Å²) >= 11 is 0. The average molecular weight is 368 g/mol. The molecule has 6 saturated carbocycles. The van der Waals surface area contributed by atoms with Gasteiger partial charge in [-0.2, -0.15) is 0 Å². The van der Waals surface area contributed by atoms with Gasteiger partial charge in [-0.25, -0.2) is 0 Å². The first kappa shape index (κ1) is 16.1. The molecule has 0 amide bonds. The van der Waals surface area contributed by atoms with E-state index in [2.05, 4.69) is 0 Å². The summed E-state index contributed by atoms with van der Waals surface area (Å²) in [7, 11) is 2.83. The Bertz CT molecular complexity index is 861. The highest BCUT2D eigenvalue weighted by Crippen LogP contribution is 2.94. The van der Waals surface area contributed by atoms with Crippen molar-refractivity contribution >= 4 is 11.9 Å². The molecule has 8 unspecified atom stereocenters. The van der Waals surface area contributed by atoms with E-state index >= 15 is 0 Å². The van der Waals surface area contributed by atoms with E-state index in [4.69, 9.17) is 9.47 Å². The maximum atomic E-state index is 13.2. The first-order valence-electron chi connectivity index (χ1n) is 9.92. The summed E-state index contributed by atoms with van der Waals surface area (Å²) in [6.07, 6.45) is 2.61. The van der Waals surface area contributed by atoms with Gasteiger partial charge in [-0.05, 0) is 59.8 Å². The van der Waals surface area contributed by atoms with Gasteiger partial charge in [0.15, 0.2) is 0 Å². The number of benzene rings is 1. The highest BCUT2D eigenvalue weighted by atomic mass is 16.5. The number of aliphatic hydroxyl groups is 1. The van der Waals surface area contributed by atoms with Crippen molar-refractivity contribution in [2.75, 3.05) is 14.2 Å². The van der Waals surface area contributed by atoms with Gasteiger partial charge >= 0.3 is 11.9 Å². The van der Waals surface area contributed by atoms with Crippen molar-refractivity contribution < 1.29 is 24.2 Å². The van der Waals surface area contributed by atoms with Gasteiger partial charge in [0.1, 0.15) is 0 Å². The molecule has 0 aliphatic heterocycles. The van der Waals surface area contributed by atoms with Crippen molar-refractivity contribution in [2.45, 2.75) is 24.9 Å². The Morgan fingerprint density at radius 1 is 1.07 bits per heavy atom. The molecule has 6 aliphatic carbocycles. The van der Waals surface area contributed by atoms with E-state index in [1.807, 2.05) is 30.3 Å². The molecule has 142 valence electrons. The molecule has 6 fully saturated rings. The predicted molar refractivity (Wildman–Crippen MR) is 94.0 cm³/mol. The molecule has 27 heavy (non-hydrogen) atoms. The Morgan fingerprint density at radius 3 is 2.37 bits per heavy atom. The van der Waals surface area contributed by atoms with Gasteiger partial charge in [-0.1, -0.05) is 30.3 Å². The van der Waals surface area contributed by atoms with Crippen LogP contribution in [0.5, 0.6) is 0 Å². The number of carbonyl (C=O) groups excluding carboxylic acids is 2. The van der Waals surface area contributed by atoms with Crippen LogP contribution in [0.1, 0.15) is 24.8 Å². The fourth-order valence-electron chi connectivity index (χ4n) is 8.74. The minimum Gasteiger partial charge on any atom is -0.469 e. The number of hydrogen-bond acceptors (Lipinski definition) is 5. The summed E-state index contributed by atoms with van der Waals surface area (Å²) in [4.78, 5) is 26.0. The molecule has 1 aromatic rings. The molecule has 5 heteroatoms. The van der Waals surface area contributed by atoms with Gasteiger partial charge in [-0.3, -0.25) is 9.59 Å². The SMILES string of the molecule is COC(=O)C1C2C3C4C(C25CC5)C1(C(=O)OC)C3CC4(O)c1ccccc1. The molecular weight excluding hydrogens is 344 g/mol. The van der Waals surface area contributed by atoms with E-state index in [0.29, 0.717) is 6.42 Å². The van der Waals surface area contributed by atoms with Crippen molar-refractivity contribution in [3.05, 3.63) is 35.9 Å². The Kier molecular flexibility index (Phi) is 2.73. The van der Waals surface area contributed by atoms with Gasteiger partial charge < -0.3 is 14.6 Å². The zero-order chi connectivity index (χ0) is 18.8. The van der Waals surface area contributed by atoms with Crippen LogP contribution in [0.4, 0.5) is 0 Å². The van der Waals surface area contributed by atoms with Crippen LogP contribution in [0, 0.1) is 46.3 Å². The van der Waals surface area contributed by atoms with Crippen molar-refractivity contribution in [1.29, 1.82) is 0 Å². The molecule has 0 radical (unpaired) electrons. The normalized spacial score (nSPS) is 49.0. The van der Waals surface area contributed by atoms with Crippen LogP contribution in [0.25, 0.3) is 0 Å². The Balaban J connectivity index is 1.54. The third-order valence-corrected chi connectivity index (χ3v) is 9.12. The lowest BCUT2D eigenvalue weighted by Crippen LogP contribution is -2.54. The predicted octanol–water partition coefficient (Wildman–Crippen LogP) is 2.13. The fraction of sp³-hybridized carbons (Fsp3) is 0.636. The second-order valence-corrected chi connectivity index (χ2v) is 9.37. The van der Waals surface area contributed by atoms with Gasteiger partial charge in [0.05, 0.1) is 31.2 Å². The molecule has 5 nitrogen and oxygen atoms in total. The molecule has 0 heterocycles. The smallest absolute Gasteiger partial charge is 0.313 e. The van der Waals surface area contributed by atoms with E-state index in [9.17, 15) is 14.7 Å². The van der Waals surface area contributed by atoms with Crippen molar-refractivity contribution in [2.24, 2.45) is 46.3 Å². The van der Waals surface area contributed by atoms with Crippen LogP contribution in [-0.4, -0.2) is 31.3 Å². The van der Waals surface area contributed by atoms with Crippen LogP contribution in [-0.2, 0) is 24.7 Å². The molecule has 1 N–H and O–H groups in total. The van der Waals surface area contributed by atoms with E-state index in [-0.39, 0.29) is 46.9 Å². The fourth-order valence-corrected chi connectivity index (χ4v) is 8.74. The average Bonchev–Trinajstić information content (AvgIpc) is 3.02. The summed E-state index contributed by atoms with van der Waals surface area (Å²) < 4.78 is 10.5. The monoisotopic (exact) mass is 368 g/mol. The molecule has 1 aromatic carbocycles. The Morgan fingerprint density at radius 2 is 1.78 bits per heavy atom. The highest BCUT2D eigenvalue weighted by Gasteiger charge is 2.96. The van der Waals surface area contributed by atoms with Crippen molar-refractivity contribution in [3.8, 4) is 0 Å². The molecule has 6 bridgehead atoms. The molecule has 8 atom stereocenters. The number of hydrogen-bond donors (Lipinski definition) is 1. The third kappa shape index (κ3) is 1.39. The van der Waals surface area contributed by atoms with E-state index in [1.54, 1.807) is 0 Å². The van der Waals surface area contributed by atoms with Gasteiger partial charge in [-0.15, -0.1) is 0 Å². The van der Waals surface area contributed by atoms with Crippen LogP contribution in [0.15, 0.2) is 30.3 Å². The summed E-state index contributed by atoms with van der Waals surface area (Å²) in [6.45, 7) is 0. The van der Waals surface area contributed by atoms with Gasteiger partial charge in [0.2, 0.25) is 0 Å². The van der Waals surface area contributed by atoms with Crippen molar-refractivity contribution in [1.82, 2.24) is 0 Å². The number of rotatable bonds is 3. The number of esters is 2. The summed E-state index contributed by atoms with van der Waals surface area (Å²) in [6, 6.07) is 9.87. The Labute approximate surface area is 158 Å². The van der Waals surface area contributed by atoms with Gasteiger partial charge in [0.25, 0.3) is 0 Å². The number of carbonyl (C=O) groups is 2. The standard InChI is InChI=1S/C22H24O5/c1-26-18(23)16-14-13-12-10-21(25,11-6-4-3-5-7-11)15(13)17(20(14)8-9-20)22(12,16)19(24)27-2/h3-7,12-17,25H,8-10H2,1-2H3. The molecule has 1 spiro atoms. The first-order valence-corrected chi connectivity index (χ1v) is 9.92. The summed E-state index contributed by atoms with van der Waals surface area (Å²) in [5.41, 5.74) is -0.759. The number of ether oxygens (including phenoxy) is 2. The maximum absolute atomic E-state index is 13.2. The lowest BCUT2D eigenvalue weighted by atomic mass is 9.57. The van der Waals surface area contributed by atoms with Crippen molar-refractivity contribution in [3.63, 3.8) is 0 Å². The molecule has 7 rings (SSSR count). The van der Waals surface area contributed by atoms with E-state index in [0.717, 1.165) is 18.4 Å². The third-order valence-electron chi connectivity index (χ3n) is 9.12. The molecular formula is C22H24O5. The Hall–Kier alpha value is -1.88. The zero-order valence-corrected chi connectivity index (χ0v) is 15.6. The second-order valence-electron chi connectivity index (χ2n) is 9.37. The van der Waals surface area contributed by atoms with Crippen LogP contribution >= 0.6 is 0 Å². The van der Waals surface area contributed by atoms with E-state index in [1.165, 1.54) is 14.2 Å². The molecule has 0 saturated heterocycles. The zero-order valence-electron chi connectivity index (χ0n) is 15.6. The number of methoxy groups -OCH3 is 2. The summed E-state index contributed by atoms with van der Waals surface area (Å²) in [5, 5.41) is 11.8. The lowest BCUT2D eigenvalue weighted by Gasteiger charge is -2.47. The minimum absolute atomic E-state index is 0.00881. The quantitative estimate of drug-likeness (QED) is 0.828. The molecule has 6 aliphatic rings. The van der Waals surface area contributed by atoms with Crippen LogP contribution in [0.2, 0.25) is 0 Å². The summed E-state index contributed by atoms with van der Waals surface area (Å²) in [5.74, 6) is -0.567. The minimum atomic E-state index is -0.912. The van der Waals surface area contributed by atoms with Crippen LogP contribution in [0.3, 0.4) is 0 Å².